The summed E-state index contributed by atoms with van der Waals surface area (Å²) in [6.07, 6.45) is 0. The van der Waals surface area contributed by atoms with Crippen LogP contribution in [0, 0.1) is 6.92 Å². The second kappa shape index (κ2) is 6.27. The van der Waals surface area contributed by atoms with Gasteiger partial charge in [0.1, 0.15) is 12.4 Å². The number of aryl methyl sites for hydroxylation is 1. The van der Waals surface area contributed by atoms with E-state index >= 15 is 0 Å². The number of hydrogen-bond acceptors (Lipinski definition) is 4. The van der Waals surface area contributed by atoms with Crippen molar-refractivity contribution in [1.82, 2.24) is 0 Å². The summed E-state index contributed by atoms with van der Waals surface area (Å²) in [7, 11) is 0. The third-order valence-corrected chi connectivity index (χ3v) is 1.89. The first-order valence-corrected chi connectivity index (χ1v) is 4.91. The number of nitrogens with two attached hydrogens (primary N) is 1. The fourth-order valence-corrected chi connectivity index (χ4v) is 1.18. The Labute approximate surface area is 89.6 Å². The van der Waals surface area contributed by atoms with Gasteiger partial charge < -0.3 is 20.3 Å². The monoisotopic (exact) mass is 211 g/mol. The van der Waals surface area contributed by atoms with Crippen LogP contribution in [0.15, 0.2) is 18.2 Å². The molecule has 0 fully saturated rings. The van der Waals surface area contributed by atoms with Crippen LogP contribution in [-0.2, 0) is 4.74 Å². The molecule has 84 valence electrons. The Hall–Kier alpha value is -1.26. The average Bonchev–Trinajstić information content (AvgIpc) is 2.20. The Balaban J connectivity index is 2.31. The maximum Gasteiger partial charge on any atom is 0.142 e. The first-order valence-electron chi connectivity index (χ1n) is 4.91. The molecule has 0 aromatic heterocycles. The molecular weight excluding hydrogens is 194 g/mol. The Morgan fingerprint density at radius 1 is 1.27 bits per heavy atom. The van der Waals surface area contributed by atoms with Gasteiger partial charge in [-0.2, -0.15) is 0 Å². The quantitative estimate of drug-likeness (QED) is 0.543. The summed E-state index contributed by atoms with van der Waals surface area (Å²) in [5, 5.41) is 8.47. The lowest BCUT2D eigenvalue weighted by atomic mass is 10.2. The topological polar surface area (TPSA) is 64.7 Å². The average molecular weight is 211 g/mol. The van der Waals surface area contributed by atoms with Crippen molar-refractivity contribution in [3.8, 4) is 5.75 Å². The van der Waals surface area contributed by atoms with E-state index in [4.69, 9.17) is 20.3 Å². The Bertz CT molecular complexity index is 302. The van der Waals surface area contributed by atoms with Gasteiger partial charge in [0, 0.05) is 0 Å². The zero-order valence-electron chi connectivity index (χ0n) is 8.90. The fraction of sp³-hybridized carbons (Fsp3) is 0.455. The van der Waals surface area contributed by atoms with Crippen LogP contribution < -0.4 is 10.5 Å². The molecule has 1 rings (SSSR count). The summed E-state index contributed by atoms with van der Waals surface area (Å²) in [5.74, 6) is 0.674. The second-order valence-electron chi connectivity index (χ2n) is 3.23. The molecule has 4 heteroatoms. The van der Waals surface area contributed by atoms with E-state index in [1.54, 1.807) is 0 Å². The highest BCUT2D eigenvalue weighted by atomic mass is 16.5. The third-order valence-electron chi connectivity index (χ3n) is 1.89. The van der Waals surface area contributed by atoms with Gasteiger partial charge in [-0.3, -0.25) is 0 Å². The van der Waals surface area contributed by atoms with Gasteiger partial charge in [-0.1, -0.05) is 6.07 Å². The molecule has 1 aromatic carbocycles. The van der Waals surface area contributed by atoms with Gasteiger partial charge in [-0.15, -0.1) is 0 Å². The second-order valence-corrected chi connectivity index (χ2v) is 3.23. The highest BCUT2D eigenvalue weighted by molar-refractivity contribution is 5.53. The Morgan fingerprint density at radius 3 is 2.73 bits per heavy atom. The first kappa shape index (κ1) is 11.8. The van der Waals surface area contributed by atoms with Crippen molar-refractivity contribution in [3.63, 3.8) is 0 Å². The molecule has 0 unspecified atom stereocenters. The number of hydrogen-bond donors (Lipinski definition) is 2. The van der Waals surface area contributed by atoms with Crippen molar-refractivity contribution >= 4 is 5.69 Å². The van der Waals surface area contributed by atoms with E-state index in [1.807, 2.05) is 25.1 Å². The van der Waals surface area contributed by atoms with E-state index in [2.05, 4.69) is 0 Å². The third kappa shape index (κ3) is 4.18. The van der Waals surface area contributed by atoms with Gasteiger partial charge in [-0.05, 0) is 24.6 Å². The molecular formula is C11H17NO3. The lowest BCUT2D eigenvalue weighted by Crippen LogP contribution is -2.09. The first-order chi connectivity index (χ1) is 7.24. The smallest absolute Gasteiger partial charge is 0.142 e. The molecule has 4 nitrogen and oxygen atoms in total. The van der Waals surface area contributed by atoms with Crippen LogP contribution in [0.25, 0.3) is 0 Å². The van der Waals surface area contributed by atoms with Gasteiger partial charge in [0.05, 0.1) is 25.5 Å². The van der Waals surface area contributed by atoms with Gasteiger partial charge in [0.25, 0.3) is 0 Å². The lowest BCUT2D eigenvalue weighted by Gasteiger charge is -2.09. The van der Waals surface area contributed by atoms with Gasteiger partial charge >= 0.3 is 0 Å². The van der Waals surface area contributed by atoms with Crippen LogP contribution in [0.1, 0.15) is 5.56 Å². The maximum atomic E-state index is 8.47. The van der Waals surface area contributed by atoms with Crippen molar-refractivity contribution in [1.29, 1.82) is 0 Å². The normalized spacial score (nSPS) is 10.3. The summed E-state index contributed by atoms with van der Waals surface area (Å²) in [5.41, 5.74) is 7.50. The minimum atomic E-state index is 0.0344. The Kier molecular flexibility index (Phi) is 4.93. The van der Waals surface area contributed by atoms with Gasteiger partial charge in [0.15, 0.2) is 0 Å². The van der Waals surface area contributed by atoms with E-state index in [1.165, 1.54) is 0 Å². The lowest BCUT2D eigenvalue weighted by molar-refractivity contribution is 0.0707. The number of aliphatic hydroxyl groups is 1. The van der Waals surface area contributed by atoms with Crippen LogP contribution in [0.4, 0.5) is 5.69 Å². The zero-order chi connectivity index (χ0) is 11.1. The van der Waals surface area contributed by atoms with Crippen molar-refractivity contribution in [2.75, 3.05) is 32.2 Å². The summed E-state index contributed by atoms with van der Waals surface area (Å²) in [4.78, 5) is 0. The highest BCUT2D eigenvalue weighted by Crippen LogP contribution is 2.21. The van der Waals surface area contributed by atoms with Gasteiger partial charge in [0.2, 0.25) is 0 Å². The predicted molar refractivity (Wildman–Crippen MR) is 59.0 cm³/mol. The molecule has 0 aliphatic carbocycles. The molecule has 0 saturated carbocycles. The fourth-order valence-electron chi connectivity index (χ4n) is 1.18. The summed E-state index contributed by atoms with van der Waals surface area (Å²) in [6, 6.07) is 5.65. The summed E-state index contributed by atoms with van der Waals surface area (Å²) < 4.78 is 10.5. The van der Waals surface area contributed by atoms with Crippen LogP contribution in [0.5, 0.6) is 5.75 Å². The highest BCUT2D eigenvalue weighted by Gasteiger charge is 1.99. The number of benzene rings is 1. The molecule has 15 heavy (non-hydrogen) atoms. The van der Waals surface area contributed by atoms with E-state index in [-0.39, 0.29) is 6.61 Å². The van der Waals surface area contributed by atoms with Crippen molar-refractivity contribution < 1.29 is 14.6 Å². The van der Waals surface area contributed by atoms with Crippen LogP contribution in [0.3, 0.4) is 0 Å². The molecule has 0 bridgehead atoms. The van der Waals surface area contributed by atoms with Crippen LogP contribution >= 0.6 is 0 Å². The zero-order valence-corrected chi connectivity index (χ0v) is 8.90. The molecule has 0 heterocycles. The molecule has 0 radical (unpaired) electrons. The van der Waals surface area contributed by atoms with Crippen LogP contribution in [0.2, 0.25) is 0 Å². The van der Waals surface area contributed by atoms with E-state index in [0.717, 1.165) is 5.56 Å². The Morgan fingerprint density at radius 2 is 2.07 bits per heavy atom. The molecule has 0 amide bonds. The number of ether oxygens (including phenoxy) is 2. The molecule has 0 aliphatic rings. The summed E-state index contributed by atoms with van der Waals surface area (Å²) in [6.45, 7) is 3.24. The van der Waals surface area contributed by atoms with E-state index in [0.29, 0.717) is 31.3 Å². The standard InChI is InChI=1S/C11H17NO3/c1-9-2-3-11(10(12)8-9)15-7-6-14-5-4-13/h2-3,8,13H,4-7,12H2,1H3. The number of aliphatic hydroxyl groups excluding tert-OH is 1. The molecule has 0 aliphatic heterocycles. The molecule has 3 N–H and O–H groups in total. The maximum absolute atomic E-state index is 8.47. The van der Waals surface area contributed by atoms with Crippen molar-refractivity contribution in [2.24, 2.45) is 0 Å². The molecule has 0 spiro atoms. The van der Waals surface area contributed by atoms with Crippen molar-refractivity contribution in [3.05, 3.63) is 23.8 Å². The van der Waals surface area contributed by atoms with Crippen molar-refractivity contribution in [2.45, 2.75) is 6.92 Å². The number of nitrogen functional groups attached to an aromatic ring is 1. The predicted octanol–water partition coefficient (Wildman–Crippen LogP) is 0.965. The van der Waals surface area contributed by atoms with E-state index in [9.17, 15) is 0 Å². The summed E-state index contributed by atoms with van der Waals surface area (Å²) >= 11 is 0. The van der Waals surface area contributed by atoms with Crippen LogP contribution in [-0.4, -0.2) is 31.5 Å². The number of anilines is 1. The molecule has 1 aromatic rings. The molecule has 0 atom stereocenters. The SMILES string of the molecule is Cc1ccc(OCCOCCO)c(N)c1. The minimum absolute atomic E-state index is 0.0344. The largest absolute Gasteiger partial charge is 0.489 e. The van der Waals surface area contributed by atoms with Gasteiger partial charge in [-0.25, -0.2) is 0 Å². The molecule has 0 saturated heterocycles. The minimum Gasteiger partial charge on any atom is -0.489 e. The van der Waals surface area contributed by atoms with E-state index < -0.39 is 0 Å². The number of rotatable bonds is 6.